The van der Waals surface area contributed by atoms with Gasteiger partial charge in [0.15, 0.2) is 0 Å². The lowest BCUT2D eigenvalue weighted by molar-refractivity contribution is -0.452. The van der Waals surface area contributed by atoms with Gasteiger partial charge < -0.3 is 0 Å². The van der Waals surface area contributed by atoms with E-state index < -0.39 is 0 Å². The molecule has 0 radical (unpaired) electrons. The predicted molar refractivity (Wildman–Crippen MR) is 59.6 cm³/mol. The van der Waals surface area contributed by atoms with Crippen LogP contribution in [0.3, 0.4) is 0 Å². The molecule has 1 aliphatic rings. The first kappa shape index (κ1) is 10.2. The number of nitrogens with zero attached hydrogens (tertiary/aromatic N) is 4. The van der Waals surface area contributed by atoms with E-state index in [1.165, 1.54) is 0 Å². The second kappa shape index (κ2) is 4.49. The predicted octanol–water partition coefficient (Wildman–Crippen LogP) is 0.915. The van der Waals surface area contributed by atoms with Crippen LogP contribution in [0.1, 0.15) is 13.8 Å². The average molecular weight is 205 g/mol. The van der Waals surface area contributed by atoms with Crippen molar-refractivity contribution in [2.45, 2.75) is 19.9 Å². The van der Waals surface area contributed by atoms with E-state index in [0.29, 0.717) is 6.04 Å². The molecule has 1 aromatic heterocycles. The zero-order chi connectivity index (χ0) is 10.7. The van der Waals surface area contributed by atoms with Crippen molar-refractivity contribution in [2.24, 2.45) is 0 Å². The van der Waals surface area contributed by atoms with Crippen molar-refractivity contribution < 1.29 is 4.58 Å². The van der Waals surface area contributed by atoms with E-state index in [-0.39, 0.29) is 0 Å². The van der Waals surface area contributed by atoms with E-state index in [2.05, 4.69) is 39.5 Å². The molecule has 0 saturated heterocycles. The summed E-state index contributed by atoms with van der Waals surface area (Å²) in [5, 5.41) is 0. The van der Waals surface area contributed by atoms with Gasteiger partial charge in [0, 0.05) is 25.2 Å². The van der Waals surface area contributed by atoms with Gasteiger partial charge in [0.05, 0.1) is 12.8 Å². The maximum Gasteiger partial charge on any atom is 0.432 e. The van der Waals surface area contributed by atoms with Gasteiger partial charge in [0.2, 0.25) is 0 Å². The summed E-state index contributed by atoms with van der Waals surface area (Å²) in [7, 11) is 0. The Bertz CT molecular complexity index is 345. The fraction of sp³-hybridized carbons (Fsp3) is 0.545. The van der Waals surface area contributed by atoms with Crippen LogP contribution in [0, 0.1) is 0 Å². The maximum absolute atomic E-state index is 4.24. The van der Waals surface area contributed by atoms with Gasteiger partial charge in [-0.1, -0.05) is 9.97 Å². The molecule has 4 heteroatoms. The third kappa shape index (κ3) is 2.39. The van der Waals surface area contributed by atoms with Crippen molar-refractivity contribution in [3.8, 4) is 0 Å². The monoisotopic (exact) mass is 205 g/mol. The van der Waals surface area contributed by atoms with E-state index in [9.17, 15) is 0 Å². The molecule has 0 saturated carbocycles. The molecule has 0 spiro atoms. The molecular weight excluding hydrogens is 188 g/mol. The van der Waals surface area contributed by atoms with Gasteiger partial charge in [-0.3, -0.25) is 4.90 Å². The van der Waals surface area contributed by atoms with Crippen LogP contribution < -0.4 is 0 Å². The van der Waals surface area contributed by atoms with Crippen LogP contribution in [0.25, 0.3) is 0 Å². The van der Waals surface area contributed by atoms with Gasteiger partial charge in [-0.25, -0.2) is 4.58 Å². The van der Waals surface area contributed by atoms with Gasteiger partial charge in [0.25, 0.3) is 0 Å². The first-order chi connectivity index (χ1) is 7.27. The highest BCUT2D eigenvalue weighted by Crippen LogP contribution is 2.06. The van der Waals surface area contributed by atoms with Crippen LogP contribution in [0.5, 0.6) is 0 Å². The molecule has 0 aromatic carbocycles. The Labute approximate surface area is 90.3 Å². The van der Waals surface area contributed by atoms with Crippen molar-refractivity contribution in [3.63, 3.8) is 0 Å². The fourth-order valence-corrected chi connectivity index (χ4v) is 1.71. The van der Waals surface area contributed by atoms with E-state index >= 15 is 0 Å². The van der Waals surface area contributed by atoms with Gasteiger partial charge in [0.1, 0.15) is 12.4 Å². The van der Waals surface area contributed by atoms with Crippen LogP contribution >= 0.6 is 0 Å². The standard InChI is InChI=1S/C11H17N4/c1-10(2)14-6-8-15(9-7-14)11-12-4-3-5-13-11/h3-5,8,10H,6-7,9H2,1-2H3/q+1. The van der Waals surface area contributed by atoms with E-state index in [0.717, 1.165) is 25.6 Å². The smallest absolute Gasteiger partial charge is 0.291 e. The summed E-state index contributed by atoms with van der Waals surface area (Å²) in [5.41, 5.74) is 0. The minimum atomic E-state index is 0.611. The summed E-state index contributed by atoms with van der Waals surface area (Å²) in [6.07, 6.45) is 5.73. The molecule has 2 rings (SSSR count). The minimum Gasteiger partial charge on any atom is -0.291 e. The van der Waals surface area contributed by atoms with Gasteiger partial charge in [-0.15, -0.1) is 0 Å². The molecule has 0 bridgehead atoms. The third-order valence-electron chi connectivity index (χ3n) is 2.70. The second-order valence-corrected chi connectivity index (χ2v) is 4.01. The van der Waals surface area contributed by atoms with Crippen LogP contribution in [0.15, 0.2) is 18.5 Å². The third-order valence-corrected chi connectivity index (χ3v) is 2.70. The second-order valence-electron chi connectivity index (χ2n) is 4.01. The number of hydrogen-bond acceptors (Lipinski definition) is 3. The summed E-state index contributed by atoms with van der Waals surface area (Å²) < 4.78 is 2.12. The molecule has 0 atom stereocenters. The quantitative estimate of drug-likeness (QED) is 0.673. The van der Waals surface area contributed by atoms with Crippen LogP contribution in [-0.2, 0) is 0 Å². The largest absolute Gasteiger partial charge is 0.432 e. The maximum atomic E-state index is 4.24. The molecule has 4 nitrogen and oxygen atoms in total. The Hall–Kier alpha value is -1.29. The Balaban J connectivity index is 2.09. The zero-order valence-electron chi connectivity index (χ0n) is 9.30. The summed E-state index contributed by atoms with van der Waals surface area (Å²) >= 11 is 0. The number of aromatic nitrogens is 2. The first-order valence-electron chi connectivity index (χ1n) is 5.38. The Morgan fingerprint density at radius 1 is 1.33 bits per heavy atom. The van der Waals surface area contributed by atoms with Crippen molar-refractivity contribution in [3.05, 3.63) is 18.5 Å². The van der Waals surface area contributed by atoms with E-state index in [1.54, 1.807) is 12.4 Å². The lowest BCUT2D eigenvalue weighted by atomic mass is 10.3. The summed E-state index contributed by atoms with van der Waals surface area (Å²) in [6.45, 7) is 7.48. The molecule has 0 N–H and O–H groups in total. The zero-order valence-corrected chi connectivity index (χ0v) is 9.30. The summed E-state index contributed by atoms with van der Waals surface area (Å²) in [4.78, 5) is 10.9. The minimum absolute atomic E-state index is 0.611. The molecule has 0 amide bonds. The first-order valence-corrected chi connectivity index (χ1v) is 5.38. The Kier molecular flexibility index (Phi) is 3.06. The van der Waals surface area contributed by atoms with Crippen molar-refractivity contribution in [1.29, 1.82) is 0 Å². The Morgan fingerprint density at radius 2 is 2.07 bits per heavy atom. The topological polar surface area (TPSA) is 32.0 Å². The SMILES string of the molecule is CC(C)N1CC=[N+](c2ncccn2)CC1. The van der Waals surface area contributed by atoms with E-state index in [1.807, 2.05) is 6.07 Å². The molecular formula is C11H17N4+. The highest BCUT2D eigenvalue weighted by atomic mass is 15.2. The van der Waals surface area contributed by atoms with Crippen molar-refractivity contribution >= 4 is 12.2 Å². The van der Waals surface area contributed by atoms with Gasteiger partial charge in [-0.05, 0) is 13.8 Å². The lowest BCUT2D eigenvalue weighted by Gasteiger charge is -2.27. The molecule has 0 unspecified atom stereocenters. The van der Waals surface area contributed by atoms with Crippen molar-refractivity contribution in [1.82, 2.24) is 14.9 Å². The van der Waals surface area contributed by atoms with Gasteiger partial charge in [-0.2, -0.15) is 0 Å². The number of rotatable bonds is 2. The molecule has 1 aliphatic heterocycles. The lowest BCUT2D eigenvalue weighted by Crippen LogP contribution is -2.42. The highest BCUT2D eigenvalue weighted by molar-refractivity contribution is 5.55. The van der Waals surface area contributed by atoms with Crippen molar-refractivity contribution in [2.75, 3.05) is 19.6 Å². The van der Waals surface area contributed by atoms with Gasteiger partial charge >= 0.3 is 5.95 Å². The molecule has 0 aliphatic carbocycles. The normalized spacial score (nSPS) is 17.9. The highest BCUT2D eigenvalue weighted by Gasteiger charge is 2.19. The summed E-state index contributed by atoms with van der Waals surface area (Å²) in [5.74, 6) is 0.806. The molecule has 2 heterocycles. The number of hydrogen-bond donors (Lipinski definition) is 0. The Morgan fingerprint density at radius 3 is 2.60 bits per heavy atom. The molecule has 15 heavy (non-hydrogen) atoms. The average Bonchev–Trinajstić information content (AvgIpc) is 2.30. The van der Waals surface area contributed by atoms with E-state index in [4.69, 9.17) is 0 Å². The summed E-state index contributed by atoms with van der Waals surface area (Å²) in [6, 6.07) is 2.45. The molecule has 80 valence electrons. The molecule has 0 fully saturated rings. The van der Waals surface area contributed by atoms with Crippen LogP contribution in [0.4, 0.5) is 5.95 Å². The van der Waals surface area contributed by atoms with Crippen LogP contribution in [-0.4, -0.2) is 51.3 Å². The van der Waals surface area contributed by atoms with Crippen LogP contribution in [0.2, 0.25) is 0 Å². The fourth-order valence-electron chi connectivity index (χ4n) is 1.71. The molecule has 1 aromatic rings.